The number of aliphatic hydroxyl groups is 2. The van der Waals surface area contributed by atoms with Gasteiger partial charge in [-0.05, 0) is 83.1 Å². The predicted molar refractivity (Wildman–Crippen MR) is 212 cm³/mol. The quantitative estimate of drug-likeness (QED) is 0.194. The number of nitrogens with zero attached hydrogens (tertiary/aromatic N) is 8. The number of quaternary nitrogens is 1. The third-order valence-corrected chi connectivity index (χ3v) is 11.6. The number of ether oxygens (including phenoxy) is 1. The third-order valence-electron chi connectivity index (χ3n) is 11.1. The summed E-state index contributed by atoms with van der Waals surface area (Å²) in [5.41, 5.74) is 2.07. The molecule has 6 rings (SSSR count). The smallest absolute Gasteiger partial charge is 0.222 e. The molecule has 0 spiro atoms. The molecule has 3 aromatic rings. The van der Waals surface area contributed by atoms with E-state index in [1.807, 2.05) is 76.2 Å². The molecule has 3 aliphatic heterocycles. The number of halogens is 2. The summed E-state index contributed by atoms with van der Waals surface area (Å²) in [6.07, 6.45) is 1.04. The van der Waals surface area contributed by atoms with Gasteiger partial charge in [0.25, 0.3) is 0 Å². The highest BCUT2D eigenvalue weighted by atomic mass is 35.5. The number of amides is 1. The van der Waals surface area contributed by atoms with Gasteiger partial charge in [0.1, 0.15) is 42.9 Å². The van der Waals surface area contributed by atoms with Crippen molar-refractivity contribution in [1.82, 2.24) is 24.8 Å². The van der Waals surface area contributed by atoms with Crippen molar-refractivity contribution in [1.29, 1.82) is 0 Å². The molecular weight excluding hydrogens is 727 g/mol. The van der Waals surface area contributed by atoms with Crippen LogP contribution in [-0.2, 0) is 10.2 Å². The topological polar surface area (TPSA) is 127 Å². The molecule has 2 N–H and O–H groups in total. The summed E-state index contributed by atoms with van der Waals surface area (Å²) in [5, 5.41) is 25.8. The van der Waals surface area contributed by atoms with Gasteiger partial charge in [-0.1, -0.05) is 44.0 Å². The van der Waals surface area contributed by atoms with Crippen LogP contribution in [0.3, 0.4) is 0 Å². The highest BCUT2D eigenvalue weighted by Gasteiger charge is 2.60. The highest BCUT2D eigenvalue weighted by Crippen LogP contribution is 2.44. The molecule has 1 amide bonds. The summed E-state index contributed by atoms with van der Waals surface area (Å²) in [7, 11) is 0. The molecule has 1 saturated heterocycles. The van der Waals surface area contributed by atoms with Crippen LogP contribution in [-0.4, -0.2) is 127 Å². The maximum Gasteiger partial charge on any atom is 0.222 e. The van der Waals surface area contributed by atoms with Gasteiger partial charge in [-0.3, -0.25) is 19.7 Å². The number of aromatic nitrogens is 2. The summed E-state index contributed by atoms with van der Waals surface area (Å²) in [5.74, 6) is 2.53. The van der Waals surface area contributed by atoms with E-state index >= 15 is 0 Å². The molecule has 5 unspecified atom stereocenters. The Morgan fingerprint density at radius 1 is 0.944 bits per heavy atom. The Morgan fingerprint density at radius 2 is 1.52 bits per heavy atom. The van der Waals surface area contributed by atoms with Crippen LogP contribution in [0, 0.1) is 0 Å². The zero-order valence-electron chi connectivity index (χ0n) is 32.4. The Hall–Kier alpha value is -3.81. The molecule has 14 heteroatoms. The number of carbonyl (C=O) groups is 1. The zero-order valence-corrected chi connectivity index (χ0v) is 33.9. The molecule has 12 nitrogen and oxygen atoms in total. The molecule has 3 aliphatic rings. The van der Waals surface area contributed by atoms with E-state index in [1.54, 1.807) is 11.1 Å². The molecule has 54 heavy (non-hydrogen) atoms. The molecule has 8 atom stereocenters. The van der Waals surface area contributed by atoms with Gasteiger partial charge in [0.05, 0.1) is 43.4 Å². The molecule has 0 saturated carbocycles. The van der Waals surface area contributed by atoms with Crippen molar-refractivity contribution in [2.45, 2.75) is 103 Å². The standard InChI is InChI=1S/C40H53Cl2N8O4/c1-9-54-38-33(18-43-39(46-38)40(6,7)8)34-21-50(20-32(53)22-51,49-27(5)25(3)45-37(49)29-12-16-31(42)17-13-29)35(19-47(34)23-52)48-26(4)24(2)44-36(48)28-10-14-30(41)15-11-28/h10-18,23-27,32,34-35,51,53H,9,19-22H2,1-8H3/q+1/t24-,25?,26+,27?,32+,34?,35?,50?/m1/s1. The van der Waals surface area contributed by atoms with E-state index in [0.717, 1.165) is 29.2 Å². The first kappa shape index (κ1) is 39.9. The van der Waals surface area contributed by atoms with Gasteiger partial charge in [-0.2, -0.15) is 14.6 Å². The maximum absolute atomic E-state index is 13.4. The molecule has 0 aliphatic carbocycles. The first-order valence-corrected chi connectivity index (χ1v) is 19.5. The zero-order chi connectivity index (χ0) is 39.1. The van der Waals surface area contributed by atoms with Crippen molar-refractivity contribution in [2.24, 2.45) is 9.98 Å². The van der Waals surface area contributed by atoms with Crippen LogP contribution >= 0.6 is 23.2 Å². The van der Waals surface area contributed by atoms with Crippen LogP contribution in [0.15, 0.2) is 64.7 Å². The lowest BCUT2D eigenvalue weighted by Gasteiger charge is -2.60. The van der Waals surface area contributed by atoms with E-state index in [0.29, 0.717) is 33.9 Å². The summed E-state index contributed by atoms with van der Waals surface area (Å²) in [6.45, 7) is 17.0. The fourth-order valence-electron chi connectivity index (χ4n) is 8.01. The second kappa shape index (κ2) is 15.7. The summed E-state index contributed by atoms with van der Waals surface area (Å²) >= 11 is 12.7. The lowest BCUT2D eigenvalue weighted by atomic mass is 9.95. The van der Waals surface area contributed by atoms with Crippen LogP contribution < -0.4 is 4.74 Å². The second-order valence-corrected chi connectivity index (χ2v) is 16.6. The van der Waals surface area contributed by atoms with Gasteiger partial charge in [0.15, 0.2) is 5.84 Å². The average molecular weight is 781 g/mol. The number of amidine groups is 2. The van der Waals surface area contributed by atoms with E-state index in [-0.39, 0.29) is 53.8 Å². The van der Waals surface area contributed by atoms with Crippen molar-refractivity contribution < 1.29 is 24.3 Å². The van der Waals surface area contributed by atoms with Crippen LogP contribution in [0.25, 0.3) is 0 Å². The van der Waals surface area contributed by atoms with Gasteiger partial charge >= 0.3 is 0 Å². The minimum absolute atomic E-state index is 0.0926. The van der Waals surface area contributed by atoms with E-state index < -0.39 is 24.9 Å². The number of rotatable bonds is 11. The van der Waals surface area contributed by atoms with Crippen LogP contribution in [0.5, 0.6) is 5.88 Å². The minimum Gasteiger partial charge on any atom is -0.478 e. The predicted octanol–water partition coefficient (Wildman–Crippen LogP) is 5.48. The first-order valence-electron chi connectivity index (χ1n) is 18.8. The number of hydrogen-bond acceptors (Lipinski definition) is 10. The minimum atomic E-state index is -1.12. The number of hydrogen-bond donors (Lipinski definition) is 2. The highest BCUT2D eigenvalue weighted by molar-refractivity contribution is 6.31. The van der Waals surface area contributed by atoms with Crippen molar-refractivity contribution in [2.75, 3.05) is 32.8 Å². The van der Waals surface area contributed by atoms with Gasteiger partial charge in [-0.25, -0.2) is 4.98 Å². The average Bonchev–Trinajstić information content (AvgIpc) is 3.61. The molecule has 2 aromatic carbocycles. The van der Waals surface area contributed by atoms with Crippen LogP contribution in [0.2, 0.25) is 10.0 Å². The Balaban J connectivity index is 1.62. The first-order chi connectivity index (χ1) is 25.6. The van der Waals surface area contributed by atoms with E-state index in [9.17, 15) is 15.0 Å². The SMILES string of the molecule is CCOc1nc(C(C)(C)C)ncc1C1C[N+](C[C@H](O)CO)(N2C(c3ccc(Cl)cc3)=NC(C)C2C)C(N2C(c3ccc(Cl)cc3)=N[C@H](C)[C@@H]2C)CN1C=O. The van der Waals surface area contributed by atoms with Crippen molar-refractivity contribution in [3.63, 3.8) is 0 Å². The number of piperazine rings is 1. The molecule has 1 aromatic heterocycles. The van der Waals surface area contributed by atoms with Gasteiger partial charge in [0.2, 0.25) is 18.5 Å². The monoisotopic (exact) mass is 779 g/mol. The van der Waals surface area contributed by atoms with Gasteiger partial charge in [0, 0.05) is 32.8 Å². The van der Waals surface area contributed by atoms with Crippen LogP contribution in [0.1, 0.15) is 83.9 Å². The molecule has 290 valence electrons. The van der Waals surface area contributed by atoms with Gasteiger partial charge in [-0.15, -0.1) is 0 Å². The van der Waals surface area contributed by atoms with E-state index in [1.165, 1.54) is 0 Å². The van der Waals surface area contributed by atoms with E-state index in [2.05, 4.69) is 37.6 Å². The fourth-order valence-corrected chi connectivity index (χ4v) is 8.26. The summed E-state index contributed by atoms with van der Waals surface area (Å²) < 4.78 is 6.31. The van der Waals surface area contributed by atoms with E-state index in [4.69, 9.17) is 47.9 Å². The molecular formula is C40H53Cl2N8O4+. The second-order valence-electron chi connectivity index (χ2n) is 15.8. The molecule has 0 bridgehead atoms. The molecule has 0 radical (unpaired) electrons. The summed E-state index contributed by atoms with van der Waals surface area (Å²) in [4.78, 5) is 37.7. The maximum atomic E-state index is 13.4. The Kier molecular flexibility index (Phi) is 11.6. The number of benzene rings is 2. The Bertz CT molecular complexity index is 1870. The lowest BCUT2D eigenvalue weighted by molar-refractivity contribution is -1.06. The molecule has 4 heterocycles. The van der Waals surface area contributed by atoms with Gasteiger partial charge < -0.3 is 19.8 Å². The Labute approximate surface area is 328 Å². The Morgan fingerprint density at radius 3 is 2.07 bits per heavy atom. The number of aliphatic hydroxyl groups excluding tert-OH is 2. The largest absolute Gasteiger partial charge is 0.478 e. The number of aliphatic imine (C=N–C) groups is 2. The summed E-state index contributed by atoms with van der Waals surface area (Å²) in [6, 6.07) is 14.2. The third kappa shape index (κ3) is 7.43. The lowest BCUT2D eigenvalue weighted by Crippen LogP contribution is -2.80. The van der Waals surface area contributed by atoms with Crippen molar-refractivity contribution >= 4 is 41.3 Å². The normalized spacial score (nSPS) is 27.9. The fraction of sp³-hybridized carbons (Fsp3) is 0.525. The van der Waals surface area contributed by atoms with Crippen molar-refractivity contribution in [3.8, 4) is 5.88 Å². The number of carbonyl (C=O) groups excluding carboxylic acids is 1. The van der Waals surface area contributed by atoms with Crippen LogP contribution in [0.4, 0.5) is 0 Å². The molecule has 1 fully saturated rings. The van der Waals surface area contributed by atoms with Crippen molar-refractivity contribution in [3.05, 3.63) is 87.3 Å².